The summed E-state index contributed by atoms with van der Waals surface area (Å²) in [5.41, 5.74) is 8.10. The Morgan fingerprint density at radius 3 is 2.86 bits per heavy atom. The average Bonchev–Trinajstić information content (AvgIpc) is 3.04. The van der Waals surface area contributed by atoms with Crippen LogP contribution in [-0.4, -0.2) is 34.6 Å². The lowest BCUT2D eigenvalue weighted by molar-refractivity contribution is 0.602. The van der Waals surface area contributed by atoms with Crippen molar-refractivity contribution < 1.29 is 8.42 Å². The fraction of sp³-hybridized carbons (Fsp3) is 0.231. The first-order chi connectivity index (χ1) is 9.95. The van der Waals surface area contributed by atoms with Crippen molar-refractivity contribution in [2.45, 2.75) is 17.4 Å². The summed E-state index contributed by atoms with van der Waals surface area (Å²) in [6, 6.07) is 4.64. The second kappa shape index (κ2) is 4.97. The number of nitrogens with two attached hydrogens (primary N) is 1. The van der Waals surface area contributed by atoms with E-state index in [-0.39, 0.29) is 10.9 Å². The molecular weight excluding hydrogens is 290 g/mol. The first-order valence-corrected chi connectivity index (χ1v) is 8.26. The van der Waals surface area contributed by atoms with Gasteiger partial charge in [0, 0.05) is 24.6 Å². The quantitative estimate of drug-likeness (QED) is 0.663. The number of imidazole rings is 2. The Morgan fingerprint density at radius 1 is 1.38 bits per heavy atom. The molecule has 1 aromatic carbocycles. The molecule has 1 unspecified atom stereocenters. The van der Waals surface area contributed by atoms with Crippen LogP contribution >= 0.6 is 0 Å². The minimum atomic E-state index is -3.33. The maximum atomic E-state index is 11.8. The van der Waals surface area contributed by atoms with E-state index >= 15 is 0 Å². The van der Waals surface area contributed by atoms with Crippen molar-refractivity contribution in [1.29, 1.82) is 0 Å². The first kappa shape index (κ1) is 13.8. The van der Waals surface area contributed by atoms with E-state index in [0.717, 1.165) is 5.69 Å². The average molecular weight is 305 g/mol. The summed E-state index contributed by atoms with van der Waals surface area (Å²) in [5, 5.41) is 0. The lowest BCUT2D eigenvalue weighted by atomic mass is 10.2. The van der Waals surface area contributed by atoms with E-state index in [9.17, 15) is 8.42 Å². The van der Waals surface area contributed by atoms with Crippen LogP contribution in [0.4, 0.5) is 0 Å². The number of nitrogens with zero attached hydrogens (tertiary/aromatic N) is 2. The molecule has 0 aliphatic carbocycles. The van der Waals surface area contributed by atoms with E-state index in [1.165, 1.54) is 6.26 Å². The molecule has 7 nitrogen and oxygen atoms in total. The number of aromatic nitrogens is 4. The number of H-pyrrole nitrogens is 2. The normalized spacial score (nSPS) is 13.6. The summed E-state index contributed by atoms with van der Waals surface area (Å²) in [6.45, 7) is 0. The highest BCUT2D eigenvalue weighted by Crippen LogP contribution is 2.23. The number of fused-ring (bicyclic) bond motifs is 1. The molecule has 0 radical (unpaired) electrons. The van der Waals surface area contributed by atoms with Gasteiger partial charge in [-0.25, -0.2) is 18.4 Å². The zero-order valence-corrected chi connectivity index (χ0v) is 12.2. The second-order valence-electron chi connectivity index (χ2n) is 4.93. The summed E-state index contributed by atoms with van der Waals surface area (Å²) in [4.78, 5) is 14.6. The van der Waals surface area contributed by atoms with Gasteiger partial charge in [-0.05, 0) is 12.1 Å². The zero-order valence-electron chi connectivity index (χ0n) is 11.4. The van der Waals surface area contributed by atoms with Crippen LogP contribution in [-0.2, 0) is 16.3 Å². The SMILES string of the molecule is CS(=O)(=O)c1cccc2[nH]c(C(N)Cc3cnc[nH]3)nc12. The number of benzene rings is 1. The number of hydrogen-bond acceptors (Lipinski definition) is 5. The summed E-state index contributed by atoms with van der Waals surface area (Å²) < 4.78 is 23.6. The zero-order chi connectivity index (χ0) is 15.0. The molecule has 0 saturated carbocycles. The smallest absolute Gasteiger partial charge is 0.177 e. The number of hydrogen-bond donors (Lipinski definition) is 3. The highest BCUT2D eigenvalue weighted by atomic mass is 32.2. The van der Waals surface area contributed by atoms with Crippen LogP contribution in [0.2, 0.25) is 0 Å². The van der Waals surface area contributed by atoms with Crippen LogP contribution in [0, 0.1) is 0 Å². The number of rotatable bonds is 4. The number of aromatic amines is 2. The van der Waals surface area contributed by atoms with Gasteiger partial charge in [-0.3, -0.25) is 0 Å². The van der Waals surface area contributed by atoms with Crippen molar-refractivity contribution in [1.82, 2.24) is 19.9 Å². The van der Waals surface area contributed by atoms with Crippen LogP contribution in [0.5, 0.6) is 0 Å². The van der Waals surface area contributed by atoms with Gasteiger partial charge < -0.3 is 15.7 Å². The second-order valence-corrected chi connectivity index (χ2v) is 6.92. The maximum absolute atomic E-state index is 11.8. The van der Waals surface area contributed by atoms with Gasteiger partial charge in [0.05, 0.1) is 22.8 Å². The number of nitrogens with one attached hydrogen (secondary N) is 2. The molecule has 110 valence electrons. The molecule has 0 amide bonds. The third-order valence-corrected chi connectivity index (χ3v) is 4.37. The molecule has 0 aliphatic heterocycles. The molecule has 0 saturated heterocycles. The molecule has 4 N–H and O–H groups in total. The number of para-hydroxylation sites is 1. The van der Waals surface area contributed by atoms with Gasteiger partial charge >= 0.3 is 0 Å². The van der Waals surface area contributed by atoms with E-state index in [1.807, 2.05) is 0 Å². The fourth-order valence-electron chi connectivity index (χ4n) is 2.23. The molecule has 2 heterocycles. The van der Waals surface area contributed by atoms with Crippen molar-refractivity contribution in [2.75, 3.05) is 6.26 Å². The fourth-order valence-corrected chi connectivity index (χ4v) is 3.06. The van der Waals surface area contributed by atoms with Crippen LogP contribution in [0.3, 0.4) is 0 Å². The molecule has 1 atom stereocenters. The van der Waals surface area contributed by atoms with Crippen LogP contribution in [0.25, 0.3) is 11.0 Å². The maximum Gasteiger partial charge on any atom is 0.177 e. The molecule has 0 bridgehead atoms. The minimum absolute atomic E-state index is 0.205. The molecule has 3 aromatic rings. The summed E-state index contributed by atoms with van der Waals surface area (Å²) in [7, 11) is -3.33. The topological polar surface area (TPSA) is 118 Å². The van der Waals surface area contributed by atoms with E-state index in [4.69, 9.17) is 5.73 Å². The summed E-state index contributed by atoms with van der Waals surface area (Å²) >= 11 is 0. The molecule has 0 aliphatic rings. The Hall–Kier alpha value is -2.19. The van der Waals surface area contributed by atoms with Gasteiger partial charge in [0.25, 0.3) is 0 Å². The van der Waals surface area contributed by atoms with E-state index in [1.54, 1.807) is 30.7 Å². The lowest BCUT2D eigenvalue weighted by Gasteiger charge is -2.06. The van der Waals surface area contributed by atoms with Gasteiger partial charge in [-0.15, -0.1) is 0 Å². The largest absolute Gasteiger partial charge is 0.348 e. The standard InChI is InChI=1S/C13H15N5O2S/c1-21(19,20)11-4-2-3-10-12(11)18-13(17-10)9(14)5-8-6-15-7-16-8/h2-4,6-7,9H,5,14H2,1H3,(H,15,16)(H,17,18). The molecule has 0 fully saturated rings. The molecular formula is C13H15N5O2S. The van der Waals surface area contributed by atoms with Crippen molar-refractivity contribution >= 4 is 20.9 Å². The molecule has 8 heteroatoms. The summed E-state index contributed by atoms with van der Waals surface area (Å²) in [6.07, 6.45) is 4.99. The predicted octanol–water partition coefficient (Wildman–Crippen LogP) is 0.932. The van der Waals surface area contributed by atoms with Crippen molar-refractivity contribution in [2.24, 2.45) is 5.73 Å². The molecule has 3 rings (SSSR count). The third-order valence-electron chi connectivity index (χ3n) is 3.24. The van der Waals surface area contributed by atoms with Gasteiger partial charge in [0.15, 0.2) is 9.84 Å². The molecule has 0 spiro atoms. The van der Waals surface area contributed by atoms with E-state index in [0.29, 0.717) is 23.3 Å². The number of sulfone groups is 1. The predicted molar refractivity (Wildman–Crippen MR) is 78.4 cm³/mol. The van der Waals surface area contributed by atoms with Gasteiger partial charge in [0.1, 0.15) is 11.3 Å². The highest BCUT2D eigenvalue weighted by Gasteiger charge is 2.18. The van der Waals surface area contributed by atoms with E-state index < -0.39 is 9.84 Å². The Labute approximate surface area is 121 Å². The van der Waals surface area contributed by atoms with Gasteiger partial charge in [-0.1, -0.05) is 6.07 Å². The monoisotopic (exact) mass is 305 g/mol. The molecule has 2 aromatic heterocycles. The lowest BCUT2D eigenvalue weighted by Crippen LogP contribution is -2.15. The van der Waals surface area contributed by atoms with Gasteiger partial charge in [-0.2, -0.15) is 0 Å². The van der Waals surface area contributed by atoms with Crippen molar-refractivity contribution in [3.05, 3.63) is 42.2 Å². The third kappa shape index (κ3) is 2.67. The Balaban J connectivity index is 2.01. The Bertz CT molecular complexity index is 867. The highest BCUT2D eigenvalue weighted by molar-refractivity contribution is 7.91. The molecule has 21 heavy (non-hydrogen) atoms. The Kier molecular flexibility index (Phi) is 3.26. The Morgan fingerprint density at radius 2 is 2.19 bits per heavy atom. The van der Waals surface area contributed by atoms with Gasteiger partial charge in [0.2, 0.25) is 0 Å². The summed E-state index contributed by atoms with van der Waals surface area (Å²) in [5.74, 6) is 0.552. The van der Waals surface area contributed by atoms with E-state index in [2.05, 4.69) is 19.9 Å². The van der Waals surface area contributed by atoms with Crippen LogP contribution in [0.15, 0.2) is 35.6 Å². The van der Waals surface area contributed by atoms with Crippen molar-refractivity contribution in [3.8, 4) is 0 Å². The first-order valence-electron chi connectivity index (χ1n) is 6.36. The minimum Gasteiger partial charge on any atom is -0.348 e. The van der Waals surface area contributed by atoms with Crippen molar-refractivity contribution in [3.63, 3.8) is 0 Å². The van der Waals surface area contributed by atoms with Crippen LogP contribution < -0.4 is 5.73 Å². The van der Waals surface area contributed by atoms with Crippen LogP contribution in [0.1, 0.15) is 17.6 Å².